The second-order valence-corrected chi connectivity index (χ2v) is 7.95. The number of piperidine rings is 1. The molecule has 0 bridgehead atoms. The van der Waals surface area contributed by atoms with Crippen LogP contribution in [0.3, 0.4) is 0 Å². The van der Waals surface area contributed by atoms with E-state index in [0.717, 1.165) is 38.4 Å². The molecule has 4 rings (SSSR count). The van der Waals surface area contributed by atoms with Crippen LogP contribution in [0.25, 0.3) is 0 Å². The van der Waals surface area contributed by atoms with Gasteiger partial charge in [-0.2, -0.15) is 0 Å². The molecule has 6 heteroatoms. The van der Waals surface area contributed by atoms with Crippen molar-refractivity contribution in [2.45, 2.75) is 25.8 Å². The van der Waals surface area contributed by atoms with Gasteiger partial charge in [-0.3, -0.25) is 9.69 Å². The fourth-order valence-electron chi connectivity index (χ4n) is 4.51. The number of benzene rings is 1. The standard InChI is InChI=1S/C19H24F2N2O2/c20-16-4-3-14(17(21)7-16)8-22-9-15-5-6-23(18(25)13-1-2-13)11-19(15,10-22)12-24/h3-4,7,13,15,24H,1-2,5-6,8-12H2/t15-,19-/m0/s1. The first-order valence-electron chi connectivity index (χ1n) is 9.07. The van der Waals surface area contributed by atoms with E-state index >= 15 is 0 Å². The summed E-state index contributed by atoms with van der Waals surface area (Å²) in [7, 11) is 0. The molecule has 1 saturated carbocycles. The Morgan fingerprint density at radius 1 is 1.24 bits per heavy atom. The second-order valence-electron chi connectivity index (χ2n) is 7.95. The molecule has 1 aromatic carbocycles. The lowest BCUT2D eigenvalue weighted by Crippen LogP contribution is -2.53. The van der Waals surface area contributed by atoms with Crippen LogP contribution in [0.15, 0.2) is 18.2 Å². The summed E-state index contributed by atoms with van der Waals surface area (Å²) in [6.07, 6.45) is 2.85. The highest BCUT2D eigenvalue weighted by molar-refractivity contribution is 5.81. The van der Waals surface area contributed by atoms with E-state index in [1.165, 1.54) is 12.1 Å². The van der Waals surface area contributed by atoms with Crippen molar-refractivity contribution < 1.29 is 18.7 Å². The van der Waals surface area contributed by atoms with E-state index in [2.05, 4.69) is 4.90 Å². The van der Waals surface area contributed by atoms with Crippen molar-refractivity contribution in [1.82, 2.24) is 9.80 Å². The number of hydrogen-bond donors (Lipinski definition) is 1. The zero-order valence-corrected chi connectivity index (χ0v) is 14.3. The van der Waals surface area contributed by atoms with Crippen LogP contribution in [0, 0.1) is 28.9 Å². The molecule has 0 aromatic heterocycles. The van der Waals surface area contributed by atoms with Crippen molar-refractivity contribution in [2.75, 3.05) is 32.8 Å². The van der Waals surface area contributed by atoms with Crippen LogP contribution in [0.4, 0.5) is 8.78 Å². The molecule has 1 aliphatic carbocycles. The van der Waals surface area contributed by atoms with Gasteiger partial charge in [0.2, 0.25) is 5.91 Å². The fourth-order valence-corrected chi connectivity index (χ4v) is 4.51. The predicted octanol–water partition coefficient (Wildman–Crippen LogP) is 2.02. The van der Waals surface area contributed by atoms with Gasteiger partial charge in [-0.15, -0.1) is 0 Å². The van der Waals surface area contributed by atoms with Crippen molar-refractivity contribution in [3.63, 3.8) is 0 Å². The Bertz CT molecular complexity index is 679. The number of likely N-dealkylation sites (tertiary alicyclic amines) is 2. The van der Waals surface area contributed by atoms with Crippen molar-refractivity contribution in [3.05, 3.63) is 35.4 Å². The van der Waals surface area contributed by atoms with Crippen LogP contribution in [0.5, 0.6) is 0 Å². The highest BCUT2D eigenvalue weighted by Crippen LogP contribution is 2.43. The number of hydrogen-bond acceptors (Lipinski definition) is 3. The van der Waals surface area contributed by atoms with Crippen molar-refractivity contribution in [1.29, 1.82) is 0 Å². The van der Waals surface area contributed by atoms with Crippen LogP contribution in [-0.2, 0) is 11.3 Å². The predicted molar refractivity (Wildman–Crippen MR) is 88.6 cm³/mol. The molecule has 2 heterocycles. The molecule has 1 amide bonds. The molecule has 4 nitrogen and oxygen atoms in total. The van der Waals surface area contributed by atoms with Gasteiger partial charge in [0.1, 0.15) is 11.6 Å². The maximum absolute atomic E-state index is 13.9. The number of aliphatic hydroxyl groups excluding tert-OH is 1. The average Bonchev–Trinajstić information content (AvgIpc) is 3.37. The maximum atomic E-state index is 13.9. The van der Waals surface area contributed by atoms with Gasteiger partial charge in [0.15, 0.2) is 0 Å². The van der Waals surface area contributed by atoms with Gasteiger partial charge in [0.05, 0.1) is 6.61 Å². The van der Waals surface area contributed by atoms with Crippen LogP contribution in [-0.4, -0.2) is 53.6 Å². The van der Waals surface area contributed by atoms with Crippen LogP contribution in [0.2, 0.25) is 0 Å². The lowest BCUT2D eigenvalue weighted by atomic mass is 9.74. The summed E-state index contributed by atoms with van der Waals surface area (Å²) in [5, 5.41) is 10.1. The zero-order chi connectivity index (χ0) is 17.6. The number of nitrogens with zero attached hydrogens (tertiary/aromatic N) is 2. The number of halogens is 2. The van der Waals surface area contributed by atoms with E-state index in [1.807, 2.05) is 4.90 Å². The SMILES string of the molecule is O=C(C1CC1)N1CC[C@H]2CN(Cc3ccc(F)cc3F)C[C@@]2(CO)C1. The number of amides is 1. The first-order chi connectivity index (χ1) is 12.0. The van der Waals surface area contributed by atoms with Crippen LogP contribution in [0.1, 0.15) is 24.8 Å². The van der Waals surface area contributed by atoms with Gasteiger partial charge in [-0.1, -0.05) is 6.07 Å². The van der Waals surface area contributed by atoms with Crippen molar-refractivity contribution in [3.8, 4) is 0 Å². The Hall–Kier alpha value is -1.53. The second kappa shape index (κ2) is 6.32. The minimum atomic E-state index is -0.572. The molecular formula is C19H24F2N2O2. The normalized spacial score (nSPS) is 29.7. The summed E-state index contributed by atoms with van der Waals surface area (Å²) < 4.78 is 27.0. The molecular weight excluding hydrogens is 326 g/mol. The molecule has 2 saturated heterocycles. The highest BCUT2D eigenvalue weighted by Gasteiger charge is 2.51. The lowest BCUT2D eigenvalue weighted by Gasteiger charge is -2.43. The molecule has 3 aliphatic rings. The van der Waals surface area contributed by atoms with E-state index in [-0.39, 0.29) is 23.8 Å². The van der Waals surface area contributed by atoms with Crippen LogP contribution >= 0.6 is 0 Å². The van der Waals surface area contributed by atoms with E-state index in [9.17, 15) is 18.7 Å². The van der Waals surface area contributed by atoms with E-state index in [1.54, 1.807) is 0 Å². The first-order valence-corrected chi connectivity index (χ1v) is 9.07. The lowest BCUT2D eigenvalue weighted by molar-refractivity contribution is -0.137. The molecule has 136 valence electrons. The van der Waals surface area contributed by atoms with Crippen molar-refractivity contribution >= 4 is 5.91 Å². The van der Waals surface area contributed by atoms with Gasteiger partial charge < -0.3 is 10.0 Å². The molecule has 0 radical (unpaired) electrons. The third-order valence-corrected chi connectivity index (χ3v) is 6.10. The van der Waals surface area contributed by atoms with Gasteiger partial charge in [0.25, 0.3) is 0 Å². The van der Waals surface area contributed by atoms with Gasteiger partial charge in [-0.05, 0) is 31.2 Å². The summed E-state index contributed by atoms with van der Waals surface area (Å²) in [5.74, 6) is -0.368. The Labute approximate surface area is 146 Å². The smallest absolute Gasteiger partial charge is 0.225 e. The van der Waals surface area contributed by atoms with E-state index in [4.69, 9.17) is 0 Å². The Kier molecular flexibility index (Phi) is 4.28. The summed E-state index contributed by atoms with van der Waals surface area (Å²) >= 11 is 0. The number of carbonyl (C=O) groups is 1. The van der Waals surface area contributed by atoms with E-state index < -0.39 is 11.6 Å². The zero-order valence-electron chi connectivity index (χ0n) is 14.3. The molecule has 3 fully saturated rings. The third-order valence-electron chi connectivity index (χ3n) is 6.10. The van der Waals surface area contributed by atoms with Crippen molar-refractivity contribution in [2.24, 2.45) is 17.3 Å². The molecule has 1 aromatic rings. The summed E-state index contributed by atoms with van der Waals surface area (Å²) in [6, 6.07) is 3.68. The van der Waals surface area contributed by atoms with Gasteiger partial charge in [0, 0.05) is 55.7 Å². The highest BCUT2D eigenvalue weighted by atomic mass is 19.1. The monoisotopic (exact) mass is 350 g/mol. The molecule has 0 spiro atoms. The largest absolute Gasteiger partial charge is 0.396 e. The Balaban J connectivity index is 1.47. The maximum Gasteiger partial charge on any atom is 0.225 e. The van der Waals surface area contributed by atoms with Gasteiger partial charge in [-0.25, -0.2) is 8.78 Å². The fraction of sp³-hybridized carbons (Fsp3) is 0.632. The molecule has 0 unspecified atom stereocenters. The third kappa shape index (κ3) is 3.17. The molecule has 2 aliphatic heterocycles. The average molecular weight is 350 g/mol. The number of carbonyl (C=O) groups excluding carboxylic acids is 1. The number of fused-ring (bicyclic) bond motifs is 1. The minimum absolute atomic E-state index is 0.0362. The molecule has 25 heavy (non-hydrogen) atoms. The van der Waals surface area contributed by atoms with Gasteiger partial charge >= 0.3 is 0 Å². The Morgan fingerprint density at radius 3 is 2.72 bits per heavy atom. The number of rotatable bonds is 4. The molecule has 2 atom stereocenters. The first kappa shape index (κ1) is 16.9. The minimum Gasteiger partial charge on any atom is -0.396 e. The Morgan fingerprint density at radius 2 is 2.04 bits per heavy atom. The molecule has 1 N–H and O–H groups in total. The quantitative estimate of drug-likeness (QED) is 0.904. The topological polar surface area (TPSA) is 43.8 Å². The van der Waals surface area contributed by atoms with Crippen LogP contribution < -0.4 is 0 Å². The summed E-state index contributed by atoms with van der Waals surface area (Å²) in [6.45, 7) is 3.20. The number of aliphatic hydroxyl groups is 1. The summed E-state index contributed by atoms with van der Waals surface area (Å²) in [5.41, 5.74) is 0.151. The van der Waals surface area contributed by atoms with E-state index in [0.29, 0.717) is 31.1 Å². The summed E-state index contributed by atoms with van der Waals surface area (Å²) in [4.78, 5) is 16.5.